The monoisotopic (exact) mass is 347 g/mol. The highest BCUT2D eigenvalue weighted by molar-refractivity contribution is 7.17. The molecule has 0 N–H and O–H groups in total. The van der Waals surface area contributed by atoms with Crippen molar-refractivity contribution >= 4 is 27.4 Å². The predicted molar refractivity (Wildman–Crippen MR) is 91.3 cm³/mol. The Kier molecular flexibility index (Phi) is 4.40. The Balaban J connectivity index is 1.56. The van der Waals surface area contributed by atoms with Crippen molar-refractivity contribution in [3.8, 4) is 0 Å². The first-order chi connectivity index (χ1) is 11.8. The normalized spacial score (nSPS) is 18.4. The van der Waals surface area contributed by atoms with Crippen LogP contribution in [0.3, 0.4) is 0 Å². The zero-order valence-electron chi connectivity index (χ0n) is 13.1. The first kappa shape index (κ1) is 15.5. The van der Waals surface area contributed by atoms with Crippen LogP contribution >= 0.6 is 11.3 Å². The van der Waals surface area contributed by atoms with E-state index in [1.165, 1.54) is 15.6 Å². The molecular formula is C16H18FN5OS. The molecule has 1 fully saturated rings. The van der Waals surface area contributed by atoms with Crippen LogP contribution in [0.1, 0.15) is 12.0 Å². The summed E-state index contributed by atoms with van der Waals surface area (Å²) in [6.45, 7) is 2.16. The van der Waals surface area contributed by atoms with Gasteiger partial charge in [0.05, 0.1) is 25.9 Å². The van der Waals surface area contributed by atoms with Gasteiger partial charge in [-0.2, -0.15) is 0 Å². The molecule has 0 spiro atoms. The molecule has 4 rings (SSSR count). The standard InChI is InChI=1S/C16H18FN5OS/c17-6-5-13-10-21(7-8-23-13)16-18-19-20-22(16)9-12-11-24-15-4-2-1-3-14(12)15/h1-4,11,13H,5-10H2. The predicted octanol–water partition coefficient (Wildman–Crippen LogP) is 2.50. The lowest BCUT2D eigenvalue weighted by atomic mass is 10.2. The quantitative estimate of drug-likeness (QED) is 0.710. The van der Waals surface area contributed by atoms with E-state index in [-0.39, 0.29) is 12.8 Å². The highest BCUT2D eigenvalue weighted by atomic mass is 32.1. The lowest BCUT2D eigenvalue weighted by Gasteiger charge is -2.32. The number of morpholine rings is 1. The van der Waals surface area contributed by atoms with E-state index in [1.807, 2.05) is 16.8 Å². The molecule has 3 aromatic rings. The number of hydrogen-bond donors (Lipinski definition) is 0. The molecule has 0 amide bonds. The number of benzene rings is 1. The van der Waals surface area contributed by atoms with Crippen molar-refractivity contribution in [2.75, 3.05) is 31.3 Å². The summed E-state index contributed by atoms with van der Waals surface area (Å²) in [6, 6.07) is 8.33. The summed E-state index contributed by atoms with van der Waals surface area (Å²) < 4.78 is 21.2. The summed E-state index contributed by atoms with van der Waals surface area (Å²) in [4.78, 5) is 2.08. The van der Waals surface area contributed by atoms with Gasteiger partial charge in [0.25, 0.3) is 0 Å². The molecule has 0 aliphatic carbocycles. The van der Waals surface area contributed by atoms with Gasteiger partial charge in [0, 0.05) is 24.2 Å². The second-order valence-corrected chi connectivity index (χ2v) is 6.72. The van der Waals surface area contributed by atoms with Crippen LogP contribution < -0.4 is 4.90 Å². The fourth-order valence-electron chi connectivity index (χ4n) is 3.04. The fraction of sp³-hybridized carbons (Fsp3) is 0.438. The number of hydrogen-bond acceptors (Lipinski definition) is 6. The Labute approximate surface area is 142 Å². The highest BCUT2D eigenvalue weighted by Gasteiger charge is 2.24. The molecule has 1 aliphatic rings. The van der Waals surface area contributed by atoms with Gasteiger partial charge < -0.3 is 9.64 Å². The minimum absolute atomic E-state index is 0.101. The number of halogens is 1. The number of ether oxygens (including phenoxy) is 1. The number of rotatable bonds is 5. The Bertz CT molecular complexity index is 818. The summed E-state index contributed by atoms with van der Waals surface area (Å²) in [5, 5.41) is 15.6. The lowest BCUT2D eigenvalue weighted by molar-refractivity contribution is 0.0305. The van der Waals surface area contributed by atoms with Crippen LogP contribution in [0.15, 0.2) is 29.6 Å². The van der Waals surface area contributed by atoms with Crippen LogP contribution in [0, 0.1) is 0 Å². The molecule has 1 unspecified atom stereocenters. The van der Waals surface area contributed by atoms with Crippen LogP contribution in [-0.2, 0) is 11.3 Å². The van der Waals surface area contributed by atoms with Crippen molar-refractivity contribution in [3.05, 3.63) is 35.2 Å². The molecule has 0 bridgehead atoms. The van der Waals surface area contributed by atoms with E-state index in [1.54, 1.807) is 11.3 Å². The third-order valence-electron chi connectivity index (χ3n) is 4.25. The number of thiophene rings is 1. The molecule has 3 heterocycles. The number of aromatic nitrogens is 4. The van der Waals surface area contributed by atoms with Crippen molar-refractivity contribution < 1.29 is 9.13 Å². The van der Waals surface area contributed by atoms with Crippen molar-refractivity contribution in [2.24, 2.45) is 0 Å². The van der Waals surface area contributed by atoms with Gasteiger partial charge in [-0.25, -0.2) is 4.68 Å². The molecule has 1 aromatic carbocycles. The summed E-state index contributed by atoms with van der Waals surface area (Å²) in [6.07, 6.45) is 0.309. The van der Waals surface area contributed by atoms with Gasteiger partial charge in [0.15, 0.2) is 0 Å². The van der Waals surface area contributed by atoms with Gasteiger partial charge in [0.1, 0.15) is 0 Å². The van der Waals surface area contributed by atoms with Gasteiger partial charge in [0.2, 0.25) is 5.95 Å². The molecule has 8 heteroatoms. The summed E-state index contributed by atoms with van der Waals surface area (Å²) in [7, 11) is 0. The van der Waals surface area contributed by atoms with Gasteiger partial charge in [-0.1, -0.05) is 23.3 Å². The Hall–Kier alpha value is -2.06. The summed E-state index contributed by atoms with van der Waals surface area (Å²) in [5.74, 6) is 0.720. The molecule has 1 aliphatic heterocycles. The van der Waals surface area contributed by atoms with Crippen LogP contribution in [0.5, 0.6) is 0 Å². The first-order valence-electron chi connectivity index (χ1n) is 7.99. The van der Waals surface area contributed by atoms with Gasteiger partial charge in [-0.15, -0.1) is 11.3 Å². The second kappa shape index (κ2) is 6.82. The highest BCUT2D eigenvalue weighted by Crippen LogP contribution is 2.27. The maximum atomic E-state index is 12.6. The number of tetrazole rings is 1. The lowest BCUT2D eigenvalue weighted by Crippen LogP contribution is -2.44. The third-order valence-corrected chi connectivity index (χ3v) is 5.26. The molecule has 126 valence electrons. The summed E-state index contributed by atoms with van der Waals surface area (Å²) >= 11 is 1.73. The zero-order chi connectivity index (χ0) is 16.4. The fourth-order valence-corrected chi connectivity index (χ4v) is 4.00. The average molecular weight is 347 g/mol. The number of fused-ring (bicyclic) bond motifs is 1. The molecule has 1 atom stereocenters. The topological polar surface area (TPSA) is 56.1 Å². The van der Waals surface area contributed by atoms with Crippen LogP contribution in [0.4, 0.5) is 10.3 Å². The van der Waals surface area contributed by atoms with Crippen LogP contribution in [0.25, 0.3) is 10.1 Å². The molecule has 0 saturated carbocycles. The Morgan fingerprint density at radius 3 is 3.17 bits per heavy atom. The van der Waals surface area contributed by atoms with E-state index in [2.05, 4.69) is 37.9 Å². The smallest absolute Gasteiger partial charge is 0.246 e. The van der Waals surface area contributed by atoms with Crippen LogP contribution in [-0.4, -0.2) is 52.7 Å². The average Bonchev–Trinajstić information content (AvgIpc) is 3.23. The van der Waals surface area contributed by atoms with E-state index < -0.39 is 0 Å². The van der Waals surface area contributed by atoms with E-state index in [9.17, 15) is 4.39 Å². The van der Waals surface area contributed by atoms with Crippen molar-refractivity contribution in [1.29, 1.82) is 0 Å². The minimum atomic E-state index is -0.371. The Morgan fingerprint density at radius 2 is 2.25 bits per heavy atom. The number of alkyl halides is 1. The van der Waals surface area contributed by atoms with E-state index in [4.69, 9.17) is 4.74 Å². The second-order valence-electron chi connectivity index (χ2n) is 5.81. The summed E-state index contributed by atoms with van der Waals surface area (Å²) in [5.41, 5.74) is 1.21. The number of nitrogens with zero attached hydrogens (tertiary/aromatic N) is 5. The molecule has 6 nitrogen and oxygen atoms in total. The zero-order valence-corrected chi connectivity index (χ0v) is 14.0. The molecule has 24 heavy (non-hydrogen) atoms. The van der Waals surface area contributed by atoms with E-state index in [0.29, 0.717) is 32.7 Å². The minimum Gasteiger partial charge on any atom is -0.374 e. The van der Waals surface area contributed by atoms with E-state index in [0.717, 1.165) is 5.95 Å². The SMILES string of the molecule is FCCC1CN(c2nnnn2Cc2csc3ccccc23)CCO1. The first-order valence-corrected chi connectivity index (χ1v) is 8.87. The van der Waals surface area contributed by atoms with Gasteiger partial charge >= 0.3 is 0 Å². The molecular weight excluding hydrogens is 329 g/mol. The maximum absolute atomic E-state index is 12.6. The maximum Gasteiger partial charge on any atom is 0.246 e. The van der Waals surface area contributed by atoms with Crippen LogP contribution in [0.2, 0.25) is 0 Å². The third kappa shape index (κ3) is 2.99. The largest absolute Gasteiger partial charge is 0.374 e. The Morgan fingerprint density at radius 1 is 1.33 bits per heavy atom. The van der Waals surface area contributed by atoms with E-state index >= 15 is 0 Å². The molecule has 0 radical (unpaired) electrons. The van der Waals surface area contributed by atoms with Crippen molar-refractivity contribution in [3.63, 3.8) is 0 Å². The van der Waals surface area contributed by atoms with Crippen molar-refractivity contribution in [2.45, 2.75) is 19.1 Å². The molecule has 1 saturated heterocycles. The number of anilines is 1. The van der Waals surface area contributed by atoms with Gasteiger partial charge in [-0.3, -0.25) is 4.39 Å². The molecule has 2 aromatic heterocycles. The van der Waals surface area contributed by atoms with Gasteiger partial charge in [-0.05, 0) is 32.8 Å². The van der Waals surface area contributed by atoms with Crippen molar-refractivity contribution in [1.82, 2.24) is 20.2 Å².